The number of ether oxygens (including phenoxy) is 1. The van der Waals surface area contributed by atoms with Gasteiger partial charge in [-0.15, -0.1) is 0 Å². The van der Waals surface area contributed by atoms with E-state index in [1.165, 1.54) is 4.90 Å². The number of hydrogen-bond acceptors (Lipinski definition) is 4. The van der Waals surface area contributed by atoms with E-state index in [1.807, 2.05) is 61.5 Å². The molecule has 6 nitrogen and oxygen atoms in total. The van der Waals surface area contributed by atoms with Crippen LogP contribution in [-0.2, 0) is 19.9 Å². The Morgan fingerprint density at radius 3 is 2.31 bits per heavy atom. The Labute approximate surface area is 185 Å². The molecule has 1 spiro atoms. The van der Waals surface area contributed by atoms with Crippen molar-refractivity contribution >= 4 is 23.5 Å². The van der Waals surface area contributed by atoms with E-state index in [0.717, 1.165) is 11.1 Å². The topological polar surface area (TPSA) is 75.7 Å². The van der Waals surface area contributed by atoms with Gasteiger partial charge in [-0.1, -0.05) is 66.2 Å². The van der Waals surface area contributed by atoms with E-state index in [-0.39, 0.29) is 5.91 Å². The number of rotatable bonds is 3. The number of carbonyl (C=O) groups excluding carboxylic acids is 3. The number of likely N-dealkylation sites (N-methyl/N-ethyl adjacent to an activating group) is 1. The van der Waals surface area contributed by atoms with Crippen molar-refractivity contribution in [2.45, 2.75) is 24.5 Å². The van der Waals surface area contributed by atoms with E-state index in [9.17, 15) is 14.4 Å². The Balaban J connectivity index is 1.65. The smallest absolute Gasteiger partial charge is 0.330 e. The molecular weight excluding hydrogens is 404 g/mol. The summed E-state index contributed by atoms with van der Waals surface area (Å²) >= 11 is 0. The fourth-order valence-electron chi connectivity index (χ4n) is 4.77. The maximum atomic E-state index is 13.6. The Kier molecular flexibility index (Phi) is 4.59. The number of para-hydroxylation sites is 1. The molecular formula is C26H22N2O4. The highest BCUT2D eigenvalue weighted by Crippen LogP contribution is 2.55. The zero-order chi connectivity index (χ0) is 22.5. The molecule has 160 valence electrons. The van der Waals surface area contributed by atoms with Gasteiger partial charge in [0.25, 0.3) is 11.8 Å². The molecule has 6 heteroatoms. The predicted octanol–water partition coefficient (Wildman–Crippen LogP) is 3.31. The highest BCUT2D eigenvalue weighted by atomic mass is 16.6. The summed E-state index contributed by atoms with van der Waals surface area (Å²) in [5.41, 5.74) is 2.01. The van der Waals surface area contributed by atoms with Crippen LogP contribution in [0.4, 0.5) is 5.69 Å². The zero-order valence-corrected chi connectivity index (χ0v) is 17.7. The summed E-state index contributed by atoms with van der Waals surface area (Å²) in [6.07, 6.45) is 0. The number of nitrogens with zero attached hydrogens (tertiary/aromatic N) is 1. The highest BCUT2D eigenvalue weighted by Gasteiger charge is 2.66. The molecule has 1 fully saturated rings. The lowest BCUT2D eigenvalue weighted by atomic mass is 9.75. The van der Waals surface area contributed by atoms with Crippen LogP contribution in [0.2, 0.25) is 0 Å². The number of hydrogen-bond donors (Lipinski definition) is 1. The van der Waals surface area contributed by atoms with Crippen molar-refractivity contribution in [1.29, 1.82) is 0 Å². The number of carbonyl (C=O) groups is 3. The third kappa shape index (κ3) is 2.83. The quantitative estimate of drug-likeness (QED) is 0.652. The van der Waals surface area contributed by atoms with Gasteiger partial charge in [0.05, 0.1) is 11.6 Å². The average Bonchev–Trinajstić information content (AvgIpc) is 3.22. The van der Waals surface area contributed by atoms with Crippen molar-refractivity contribution in [3.05, 3.63) is 101 Å². The van der Waals surface area contributed by atoms with Crippen molar-refractivity contribution in [2.75, 3.05) is 11.9 Å². The van der Waals surface area contributed by atoms with Crippen LogP contribution < -0.4 is 10.2 Å². The van der Waals surface area contributed by atoms with Gasteiger partial charge in [0, 0.05) is 18.2 Å². The van der Waals surface area contributed by atoms with Gasteiger partial charge < -0.3 is 15.0 Å². The second-order valence-corrected chi connectivity index (χ2v) is 8.24. The minimum atomic E-state index is -1.54. The minimum Gasteiger partial charge on any atom is -0.442 e. The Morgan fingerprint density at radius 1 is 0.938 bits per heavy atom. The minimum absolute atomic E-state index is 0.325. The fraction of sp³-hybridized carbons (Fsp3) is 0.192. The van der Waals surface area contributed by atoms with E-state index in [4.69, 9.17) is 4.74 Å². The molecule has 2 amide bonds. The maximum absolute atomic E-state index is 13.6. The first-order valence-electron chi connectivity index (χ1n) is 10.5. The van der Waals surface area contributed by atoms with Gasteiger partial charge in [-0.25, -0.2) is 4.79 Å². The lowest BCUT2D eigenvalue weighted by Gasteiger charge is -2.30. The number of benzene rings is 3. The number of nitrogens with one attached hydrogen (secondary N) is 1. The Bertz CT molecular complexity index is 1220. The van der Waals surface area contributed by atoms with E-state index < -0.39 is 29.4 Å². The molecule has 5 rings (SSSR count). The first kappa shape index (κ1) is 20.0. The van der Waals surface area contributed by atoms with E-state index in [2.05, 4.69) is 5.32 Å². The van der Waals surface area contributed by atoms with Crippen LogP contribution in [0.3, 0.4) is 0 Å². The number of anilines is 1. The fourth-order valence-corrected chi connectivity index (χ4v) is 4.77. The molecule has 3 aromatic carbocycles. The van der Waals surface area contributed by atoms with Crippen molar-refractivity contribution < 1.29 is 19.1 Å². The van der Waals surface area contributed by atoms with Gasteiger partial charge in [0.15, 0.2) is 0 Å². The number of aryl methyl sites for hydroxylation is 1. The summed E-state index contributed by atoms with van der Waals surface area (Å²) in [5.74, 6) is -2.07. The van der Waals surface area contributed by atoms with Crippen LogP contribution >= 0.6 is 0 Å². The predicted molar refractivity (Wildman–Crippen MR) is 119 cm³/mol. The van der Waals surface area contributed by atoms with Crippen molar-refractivity contribution in [1.82, 2.24) is 5.32 Å². The van der Waals surface area contributed by atoms with Crippen LogP contribution in [0.25, 0.3) is 0 Å². The largest absolute Gasteiger partial charge is 0.442 e. The van der Waals surface area contributed by atoms with Gasteiger partial charge >= 0.3 is 5.97 Å². The van der Waals surface area contributed by atoms with Crippen molar-refractivity contribution in [3.63, 3.8) is 0 Å². The van der Waals surface area contributed by atoms with Gasteiger partial charge in [0.1, 0.15) is 6.04 Å². The van der Waals surface area contributed by atoms with E-state index in [0.29, 0.717) is 16.8 Å². The van der Waals surface area contributed by atoms with Gasteiger partial charge in [-0.3, -0.25) is 9.59 Å². The molecule has 3 unspecified atom stereocenters. The normalized spacial score (nSPS) is 23.9. The lowest BCUT2D eigenvalue weighted by Crippen LogP contribution is -2.47. The number of esters is 1. The summed E-state index contributed by atoms with van der Waals surface area (Å²) in [4.78, 5) is 41.3. The van der Waals surface area contributed by atoms with Crippen LogP contribution in [0.1, 0.15) is 33.0 Å². The molecule has 2 heterocycles. The molecule has 1 saturated heterocycles. The molecule has 2 aliphatic rings. The standard InChI is InChI=1S/C26H22N2O4/c1-16-12-14-17(15-13-16)21-22(27-23(29)18-8-4-3-5-9-18)24(30)32-26(21)19-10-6-7-11-20(19)28(2)25(26)31/h3-15,21-22H,1-2H3,(H,27,29). The van der Waals surface area contributed by atoms with E-state index in [1.54, 1.807) is 31.3 Å². The molecule has 3 aromatic rings. The number of amides is 2. The first-order valence-corrected chi connectivity index (χ1v) is 10.5. The molecule has 0 radical (unpaired) electrons. The highest BCUT2D eigenvalue weighted by molar-refractivity contribution is 6.11. The lowest BCUT2D eigenvalue weighted by molar-refractivity contribution is -0.158. The van der Waals surface area contributed by atoms with Crippen molar-refractivity contribution in [3.8, 4) is 0 Å². The summed E-state index contributed by atoms with van der Waals surface area (Å²) in [6.45, 7) is 1.97. The third-order valence-electron chi connectivity index (χ3n) is 6.33. The van der Waals surface area contributed by atoms with Crippen LogP contribution in [0.5, 0.6) is 0 Å². The summed E-state index contributed by atoms with van der Waals surface area (Å²) < 4.78 is 5.92. The molecule has 32 heavy (non-hydrogen) atoms. The van der Waals surface area contributed by atoms with Crippen LogP contribution in [-0.4, -0.2) is 30.9 Å². The molecule has 0 aromatic heterocycles. The Hall–Kier alpha value is -3.93. The molecule has 3 atom stereocenters. The SMILES string of the molecule is Cc1ccc(C2C(NC(=O)c3ccccc3)C(=O)OC23C(=O)N(C)c2ccccc23)cc1. The molecule has 1 N–H and O–H groups in total. The monoisotopic (exact) mass is 426 g/mol. The Morgan fingerprint density at radius 2 is 1.59 bits per heavy atom. The average molecular weight is 426 g/mol. The van der Waals surface area contributed by atoms with Gasteiger partial charge in [0.2, 0.25) is 5.60 Å². The molecule has 0 aliphatic carbocycles. The van der Waals surface area contributed by atoms with Crippen molar-refractivity contribution in [2.24, 2.45) is 0 Å². The summed E-state index contributed by atoms with van der Waals surface area (Å²) in [7, 11) is 1.67. The summed E-state index contributed by atoms with van der Waals surface area (Å²) in [5, 5.41) is 2.84. The number of fused-ring (bicyclic) bond motifs is 2. The second-order valence-electron chi connectivity index (χ2n) is 8.24. The second kappa shape index (κ2) is 7.34. The van der Waals surface area contributed by atoms with E-state index >= 15 is 0 Å². The van der Waals surface area contributed by atoms with Crippen LogP contribution in [0, 0.1) is 6.92 Å². The van der Waals surface area contributed by atoms with Gasteiger partial charge in [-0.05, 0) is 30.7 Å². The zero-order valence-electron chi connectivity index (χ0n) is 17.7. The maximum Gasteiger partial charge on any atom is 0.330 e. The van der Waals surface area contributed by atoms with Gasteiger partial charge in [-0.2, -0.15) is 0 Å². The summed E-state index contributed by atoms with van der Waals surface area (Å²) in [6, 6.07) is 22.6. The first-order chi connectivity index (χ1) is 15.4. The molecule has 2 aliphatic heterocycles. The molecule has 0 bridgehead atoms. The third-order valence-corrected chi connectivity index (χ3v) is 6.33. The molecule has 0 saturated carbocycles. The van der Waals surface area contributed by atoms with Crippen LogP contribution in [0.15, 0.2) is 78.9 Å².